The van der Waals surface area contributed by atoms with Gasteiger partial charge < -0.3 is 9.47 Å². The number of hydrogen-bond donors (Lipinski definition) is 0. The molecule has 7 aromatic carbocycles. The molecule has 2 aliphatic carbocycles. The maximum absolute atomic E-state index is 2.46. The summed E-state index contributed by atoms with van der Waals surface area (Å²) in [6.07, 6.45) is 5.83. The van der Waals surface area contributed by atoms with Gasteiger partial charge in [0.15, 0.2) is 0 Å². The largest absolute Gasteiger partial charge is 0.310 e. The van der Waals surface area contributed by atoms with Gasteiger partial charge in [-0.05, 0) is 136 Å². The van der Waals surface area contributed by atoms with Crippen LogP contribution in [0.15, 0.2) is 188 Å². The molecule has 1 atom stereocenters. The normalized spacial score (nSPS) is 15.7. The fraction of sp³-hybridized carbons (Fsp3) is 0.111. The third-order valence-corrected chi connectivity index (χ3v) is 13.6. The second-order valence-corrected chi connectivity index (χ2v) is 17.3. The minimum absolute atomic E-state index is 0.0340. The van der Waals surface area contributed by atoms with Crippen LogP contribution >= 0.6 is 11.3 Å². The van der Waals surface area contributed by atoms with Crippen LogP contribution in [0.25, 0.3) is 64.7 Å². The predicted octanol–water partition coefficient (Wildman–Crippen LogP) is 15.4. The average Bonchev–Trinajstić information content (AvgIpc) is 3.90. The number of rotatable bonds is 6. The van der Waals surface area contributed by atoms with Crippen molar-refractivity contribution in [1.29, 1.82) is 0 Å². The number of hydrogen-bond acceptors (Lipinski definition) is 2. The van der Waals surface area contributed by atoms with Crippen molar-refractivity contribution in [2.24, 2.45) is 5.92 Å². The monoisotopic (exact) mass is 750 g/mol. The van der Waals surface area contributed by atoms with Gasteiger partial charge in [-0.1, -0.05) is 124 Å². The average molecular weight is 751 g/mol. The molecule has 0 N–H and O–H groups in total. The van der Waals surface area contributed by atoms with Gasteiger partial charge in [0.2, 0.25) is 0 Å². The molecule has 0 aliphatic heterocycles. The Balaban J connectivity index is 1.00. The summed E-state index contributed by atoms with van der Waals surface area (Å²) in [7, 11) is 0. The Kier molecular flexibility index (Phi) is 7.77. The molecule has 2 heterocycles. The second kappa shape index (κ2) is 13.1. The molecular formula is C54H42N2S. The summed E-state index contributed by atoms with van der Waals surface area (Å²) in [5.74, 6) is 0.537. The number of fused-ring (bicyclic) bond motifs is 6. The van der Waals surface area contributed by atoms with Gasteiger partial charge >= 0.3 is 0 Å². The van der Waals surface area contributed by atoms with Crippen molar-refractivity contribution in [3.8, 4) is 27.3 Å². The molecule has 0 saturated carbocycles. The molecule has 2 nitrogen and oxygen atoms in total. The first-order valence-electron chi connectivity index (χ1n) is 20.1. The quantitative estimate of drug-likeness (QED) is 0.164. The molecule has 274 valence electrons. The Hall–Kier alpha value is -6.42. The fourth-order valence-corrected chi connectivity index (χ4v) is 10.8. The van der Waals surface area contributed by atoms with Crippen LogP contribution in [0, 0.1) is 5.92 Å². The number of para-hydroxylation sites is 2. The maximum Gasteiger partial charge on any atom is 0.0541 e. The summed E-state index contributed by atoms with van der Waals surface area (Å²) in [6.45, 7) is 7.22. The van der Waals surface area contributed by atoms with Crippen LogP contribution in [0.2, 0.25) is 0 Å². The molecule has 9 aromatic rings. The third kappa shape index (κ3) is 5.44. The maximum atomic E-state index is 2.46. The zero-order valence-electron chi connectivity index (χ0n) is 32.4. The van der Waals surface area contributed by atoms with Crippen LogP contribution in [0.3, 0.4) is 0 Å². The van der Waals surface area contributed by atoms with Crippen molar-refractivity contribution in [3.63, 3.8) is 0 Å². The van der Waals surface area contributed by atoms with Crippen LogP contribution in [-0.2, 0) is 5.41 Å². The summed E-state index contributed by atoms with van der Waals surface area (Å²) < 4.78 is 3.70. The first-order chi connectivity index (χ1) is 27.9. The number of allylic oxidation sites excluding steroid dienone is 4. The smallest absolute Gasteiger partial charge is 0.0541 e. The van der Waals surface area contributed by atoms with E-state index in [-0.39, 0.29) is 5.41 Å². The van der Waals surface area contributed by atoms with E-state index in [1.807, 2.05) is 11.3 Å². The molecule has 0 radical (unpaired) electrons. The Morgan fingerprint density at radius 2 is 1.26 bits per heavy atom. The molecule has 11 rings (SSSR count). The molecule has 2 aliphatic rings. The lowest BCUT2D eigenvalue weighted by Crippen LogP contribution is -2.22. The van der Waals surface area contributed by atoms with E-state index in [9.17, 15) is 0 Å². The van der Waals surface area contributed by atoms with Crippen molar-refractivity contribution in [3.05, 3.63) is 199 Å². The number of nitrogens with zero attached hydrogens (tertiary/aromatic N) is 2. The topological polar surface area (TPSA) is 8.17 Å². The van der Waals surface area contributed by atoms with E-state index in [2.05, 4.69) is 212 Å². The van der Waals surface area contributed by atoms with Crippen molar-refractivity contribution >= 4 is 65.9 Å². The summed E-state index contributed by atoms with van der Waals surface area (Å²) >= 11 is 1.86. The molecule has 0 spiro atoms. The molecule has 1 unspecified atom stereocenters. The molecule has 57 heavy (non-hydrogen) atoms. The summed E-state index contributed by atoms with van der Waals surface area (Å²) in [5.41, 5.74) is 16.5. The minimum atomic E-state index is -0.0340. The number of aromatic nitrogens is 1. The lowest BCUT2D eigenvalue weighted by Gasteiger charge is -2.31. The van der Waals surface area contributed by atoms with Crippen molar-refractivity contribution in [1.82, 2.24) is 4.57 Å². The van der Waals surface area contributed by atoms with Gasteiger partial charge in [0.25, 0.3) is 0 Å². The van der Waals surface area contributed by atoms with Crippen LogP contribution in [-0.4, -0.2) is 4.57 Å². The van der Waals surface area contributed by atoms with Gasteiger partial charge in [-0.25, -0.2) is 0 Å². The number of thiophene rings is 1. The molecule has 3 heteroatoms. The molecular weight excluding hydrogens is 709 g/mol. The van der Waals surface area contributed by atoms with Crippen LogP contribution in [0.1, 0.15) is 38.3 Å². The van der Waals surface area contributed by atoms with Gasteiger partial charge in [0.1, 0.15) is 0 Å². The van der Waals surface area contributed by atoms with Crippen LogP contribution in [0.4, 0.5) is 17.1 Å². The van der Waals surface area contributed by atoms with E-state index in [4.69, 9.17) is 0 Å². The lowest BCUT2D eigenvalue weighted by molar-refractivity contribution is 0.530. The standard InChI is InChI=1S/C54H42N2S/c1-35-12-11-17-46-44-30-29-43(34-48(44)54(2,3)53(35)46)55(42-27-22-37(23-28-42)52-33-39-13-7-10-19-51(39)57-52)41-25-20-36(21-26-41)38-24-31-50-47(32-38)45-16-8-9-18-49(45)56(50)40-14-5-4-6-15-40/h4-11,13-35H,12H2,1-3H3. The molecule has 0 saturated heterocycles. The number of anilines is 3. The predicted molar refractivity (Wildman–Crippen MR) is 245 cm³/mol. The van der Waals surface area contributed by atoms with E-state index < -0.39 is 0 Å². The highest BCUT2D eigenvalue weighted by molar-refractivity contribution is 7.22. The first kappa shape index (κ1) is 33.9. The van der Waals surface area contributed by atoms with Gasteiger partial charge in [-0.2, -0.15) is 0 Å². The Labute approximate surface area is 338 Å². The Morgan fingerprint density at radius 3 is 2.05 bits per heavy atom. The van der Waals surface area contributed by atoms with Gasteiger partial charge in [-0.3, -0.25) is 0 Å². The molecule has 0 fully saturated rings. The van der Waals surface area contributed by atoms with Gasteiger partial charge in [0.05, 0.1) is 11.0 Å². The second-order valence-electron chi connectivity index (χ2n) is 16.2. The lowest BCUT2D eigenvalue weighted by atomic mass is 9.74. The SMILES string of the molecule is CC1CC=CC2=C1C(C)(C)c1cc(N(c3ccc(-c4ccc5c(c4)c4ccccc4n5-c4ccccc4)cc3)c3ccc(-c4cc5ccccc5s4)cc3)ccc12. The Bertz CT molecular complexity index is 3030. The minimum Gasteiger partial charge on any atom is -0.310 e. The van der Waals surface area contributed by atoms with E-state index in [1.165, 1.54) is 81.5 Å². The number of benzene rings is 7. The van der Waals surface area contributed by atoms with Gasteiger partial charge in [-0.15, -0.1) is 11.3 Å². The van der Waals surface area contributed by atoms with E-state index >= 15 is 0 Å². The zero-order chi connectivity index (χ0) is 38.3. The first-order valence-corrected chi connectivity index (χ1v) is 20.9. The highest BCUT2D eigenvalue weighted by atomic mass is 32.1. The fourth-order valence-electron chi connectivity index (χ4n) is 9.78. The Morgan fingerprint density at radius 1 is 0.596 bits per heavy atom. The van der Waals surface area contributed by atoms with Gasteiger partial charge in [0, 0.05) is 48.5 Å². The summed E-state index contributed by atoms with van der Waals surface area (Å²) in [5, 5.41) is 3.82. The molecule has 0 amide bonds. The van der Waals surface area contributed by atoms with E-state index in [0.717, 1.165) is 17.8 Å². The third-order valence-electron chi connectivity index (χ3n) is 12.4. The molecule has 0 bridgehead atoms. The van der Waals surface area contributed by atoms with Crippen molar-refractivity contribution in [2.45, 2.75) is 32.6 Å². The highest BCUT2D eigenvalue weighted by Crippen LogP contribution is 2.53. The van der Waals surface area contributed by atoms with Crippen LogP contribution in [0.5, 0.6) is 0 Å². The van der Waals surface area contributed by atoms with Crippen molar-refractivity contribution in [2.75, 3.05) is 4.90 Å². The zero-order valence-corrected chi connectivity index (χ0v) is 33.2. The summed E-state index contributed by atoms with van der Waals surface area (Å²) in [6, 6.07) is 62.8. The highest BCUT2D eigenvalue weighted by Gasteiger charge is 2.40. The van der Waals surface area contributed by atoms with Crippen molar-refractivity contribution < 1.29 is 0 Å². The molecule has 2 aromatic heterocycles. The van der Waals surface area contributed by atoms with Crippen LogP contribution < -0.4 is 4.90 Å². The summed E-state index contributed by atoms with van der Waals surface area (Å²) in [4.78, 5) is 3.72. The van der Waals surface area contributed by atoms with E-state index in [0.29, 0.717) is 5.92 Å². The van der Waals surface area contributed by atoms with E-state index in [1.54, 1.807) is 5.57 Å².